The van der Waals surface area contributed by atoms with Gasteiger partial charge in [-0.3, -0.25) is 14.4 Å². The van der Waals surface area contributed by atoms with Crippen molar-refractivity contribution in [3.8, 4) is 0 Å². The molecule has 0 saturated heterocycles. The quantitative estimate of drug-likeness (QED) is 0.0261. The van der Waals surface area contributed by atoms with Crippen LogP contribution in [0.4, 0.5) is 0 Å². The molecule has 0 rings (SSSR count). The van der Waals surface area contributed by atoms with Gasteiger partial charge in [0.05, 0.1) is 0 Å². The zero-order valence-corrected chi connectivity index (χ0v) is 54.8. The lowest BCUT2D eigenvalue weighted by Crippen LogP contribution is -2.30. The highest BCUT2D eigenvalue weighted by Gasteiger charge is 2.19. The molecule has 0 aliphatic rings. The van der Waals surface area contributed by atoms with Crippen LogP contribution < -0.4 is 0 Å². The average Bonchev–Trinajstić information content (AvgIpc) is 3.46. The molecule has 0 N–H and O–H groups in total. The first-order valence-corrected chi connectivity index (χ1v) is 36.5. The molecule has 0 amide bonds. The van der Waals surface area contributed by atoms with Crippen molar-refractivity contribution in [3.63, 3.8) is 0 Å². The third-order valence-electron chi connectivity index (χ3n) is 16.6. The van der Waals surface area contributed by atoms with Crippen molar-refractivity contribution in [3.05, 3.63) is 36.5 Å². The van der Waals surface area contributed by atoms with Gasteiger partial charge < -0.3 is 14.2 Å². The van der Waals surface area contributed by atoms with E-state index in [4.69, 9.17) is 14.2 Å². The number of unbranched alkanes of at least 4 members (excludes halogenated alkanes) is 51. The number of allylic oxidation sites excluding steroid dienone is 6. The van der Waals surface area contributed by atoms with Gasteiger partial charge in [-0.05, 0) is 77.0 Å². The lowest BCUT2D eigenvalue weighted by Gasteiger charge is -2.18. The maximum absolute atomic E-state index is 12.9. The molecular formula is C75H140O6. The maximum atomic E-state index is 12.9. The monoisotopic (exact) mass is 1140 g/mol. The number of carbonyl (C=O) groups is 3. The van der Waals surface area contributed by atoms with Gasteiger partial charge in [-0.15, -0.1) is 0 Å². The topological polar surface area (TPSA) is 78.9 Å². The van der Waals surface area contributed by atoms with Crippen molar-refractivity contribution >= 4 is 17.9 Å². The molecule has 6 heteroatoms. The van der Waals surface area contributed by atoms with Crippen molar-refractivity contribution in [1.82, 2.24) is 0 Å². The highest BCUT2D eigenvalue weighted by atomic mass is 16.6. The van der Waals surface area contributed by atoms with E-state index in [1.54, 1.807) is 0 Å². The zero-order valence-electron chi connectivity index (χ0n) is 54.8. The second-order valence-corrected chi connectivity index (χ2v) is 24.9. The molecule has 81 heavy (non-hydrogen) atoms. The van der Waals surface area contributed by atoms with Crippen LogP contribution in [0.1, 0.15) is 406 Å². The van der Waals surface area contributed by atoms with Gasteiger partial charge in [0.2, 0.25) is 0 Å². The van der Waals surface area contributed by atoms with E-state index in [9.17, 15) is 14.4 Å². The Morgan fingerprint density at radius 2 is 0.444 bits per heavy atom. The Balaban J connectivity index is 4.10. The van der Waals surface area contributed by atoms with Gasteiger partial charge in [0.25, 0.3) is 0 Å². The van der Waals surface area contributed by atoms with Crippen LogP contribution >= 0.6 is 0 Å². The van der Waals surface area contributed by atoms with Gasteiger partial charge in [-0.25, -0.2) is 0 Å². The van der Waals surface area contributed by atoms with E-state index in [0.717, 1.165) is 77.0 Å². The number of carbonyl (C=O) groups excluding carboxylic acids is 3. The van der Waals surface area contributed by atoms with Crippen molar-refractivity contribution in [2.24, 2.45) is 0 Å². The third kappa shape index (κ3) is 68.3. The zero-order chi connectivity index (χ0) is 58.5. The molecule has 0 aromatic heterocycles. The summed E-state index contributed by atoms with van der Waals surface area (Å²) in [5, 5.41) is 0. The Bertz CT molecular complexity index is 1350. The first-order chi connectivity index (χ1) is 40.0. The van der Waals surface area contributed by atoms with Crippen LogP contribution in [0.25, 0.3) is 0 Å². The van der Waals surface area contributed by atoms with Gasteiger partial charge in [-0.2, -0.15) is 0 Å². The Labute approximate surface area is 506 Å². The molecule has 1 unspecified atom stereocenters. The van der Waals surface area contributed by atoms with Gasteiger partial charge in [0, 0.05) is 19.3 Å². The highest BCUT2D eigenvalue weighted by Crippen LogP contribution is 2.19. The summed E-state index contributed by atoms with van der Waals surface area (Å²) in [5.41, 5.74) is 0. The Hall–Kier alpha value is -2.37. The minimum absolute atomic E-state index is 0.0738. The molecule has 0 aliphatic carbocycles. The normalized spacial score (nSPS) is 12.2. The second kappa shape index (κ2) is 70.1. The SMILES string of the molecule is CCCCC/C=C\C/C=C\CCCCCCCCCC(=O)OC(COC(=O)CCCCCCC/C=C\CCCCCC)COC(=O)CCCCCCCCCCCCCCCCCCCCCCCCCCCCCCCCCCC. The molecule has 0 bridgehead atoms. The Kier molecular flexibility index (Phi) is 68.1. The van der Waals surface area contributed by atoms with E-state index in [-0.39, 0.29) is 31.1 Å². The molecule has 0 radical (unpaired) electrons. The number of hydrogen-bond acceptors (Lipinski definition) is 6. The standard InChI is InChI=1S/C75H140O6/c1-4-7-10-13-16-19-22-25-27-29-30-31-32-33-34-35-36-37-38-39-40-41-42-43-44-46-47-50-53-56-59-62-65-68-74(77)80-71-72(70-79-73(76)67-64-61-58-55-52-49-24-21-18-15-12-9-6-3)81-75(78)69-66-63-60-57-54-51-48-45-28-26-23-20-17-14-11-8-5-2/h17,20-21,24,26,28,72H,4-16,18-19,22-23,25,27,29-71H2,1-3H3/b20-17-,24-21-,28-26-. The minimum atomic E-state index is -0.779. The number of esters is 3. The van der Waals surface area contributed by atoms with Gasteiger partial charge >= 0.3 is 17.9 Å². The number of ether oxygens (including phenoxy) is 3. The van der Waals surface area contributed by atoms with E-state index in [0.29, 0.717) is 19.3 Å². The molecule has 0 aliphatic heterocycles. The van der Waals surface area contributed by atoms with E-state index < -0.39 is 6.10 Å². The summed E-state index contributed by atoms with van der Waals surface area (Å²) in [7, 11) is 0. The van der Waals surface area contributed by atoms with Crippen molar-refractivity contribution in [1.29, 1.82) is 0 Å². The van der Waals surface area contributed by atoms with Crippen LogP contribution in [0.5, 0.6) is 0 Å². The molecule has 0 fully saturated rings. The van der Waals surface area contributed by atoms with Crippen molar-refractivity contribution < 1.29 is 28.6 Å². The van der Waals surface area contributed by atoms with E-state index >= 15 is 0 Å². The maximum Gasteiger partial charge on any atom is 0.306 e. The highest BCUT2D eigenvalue weighted by molar-refractivity contribution is 5.71. The van der Waals surface area contributed by atoms with Gasteiger partial charge in [0.15, 0.2) is 6.10 Å². The van der Waals surface area contributed by atoms with Crippen LogP contribution in [0.2, 0.25) is 0 Å². The smallest absolute Gasteiger partial charge is 0.306 e. The van der Waals surface area contributed by atoms with Crippen molar-refractivity contribution in [2.45, 2.75) is 412 Å². The summed E-state index contributed by atoms with van der Waals surface area (Å²) < 4.78 is 17.0. The largest absolute Gasteiger partial charge is 0.462 e. The summed E-state index contributed by atoms with van der Waals surface area (Å²) >= 11 is 0. The number of hydrogen-bond donors (Lipinski definition) is 0. The summed E-state index contributed by atoms with van der Waals surface area (Å²) in [6.45, 7) is 6.66. The van der Waals surface area contributed by atoms with E-state index in [2.05, 4.69) is 57.2 Å². The average molecular weight is 1140 g/mol. The second-order valence-electron chi connectivity index (χ2n) is 24.9. The molecular weight excluding hydrogens is 997 g/mol. The lowest BCUT2D eigenvalue weighted by atomic mass is 10.0. The number of rotatable bonds is 68. The van der Waals surface area contributed by atoms with Crippen LogP contribution in [0, 0.1) is 0 Å². The molecule has 476 valence electrons. The molecule has 0 aromatic carbocycles. The minimum Gasteiger partial charge on any atom is -0.462 e. The van der Waals surface area contributed by atoms with Crippen LogP contribution in [0.3, 0.4) is 0 Å². The fraction of sp³-hybridized carbons (Fsp3) is 0.880. The first kappa shape index (κ1) is 78.6. The predicted octanol–water partition coefficient (Wildman–Crippen LogP) is 25.1. The molecule has 6 nitrogen and oxygen atoms in total. The van der Waals surface area contributed by atoms with Gasteiger partial charge in [-0.1, -0.05) is 346 Å². The fourth-order valence-electron chi connectivity index (χ4n) is 11.1. The van der Waals surface area contributed by atoms with Crippen LogP contribution in [0.15, 0.2) is 36.5 Å². The fourth-order valence-corrected chi connectivity index (χ4v) is 11.1. The van der Waals surface area contributed by atoms with Crippen LogP contribution in [-0.2, 0) is 28.6 Å². The molecule has 0 saturated carbocycles. The summed E-state index contributed by atoms with van der Waals surface area (Å²) in [6.07, 6.45) is 87.7. The Morgan fingerprint density at radius 1 is 0.247 bits per heavy atom. The third-order valence-corrected chi connectivity index (χ3v) is 16.6. The summed E-state index contributed by atoms with van der Waals surface area (Å²) in [5.74, 6) is -0.865. The molecule has 1 atom stereocenters. The summed E-state index contributed by atoms with van der Waals surface area (Å²) in [4.78, 5) is 38.4. The first-order valence-electron chi connectivity index (χ1n) is 36.5. The molecule has 0 spiro atoms. The van der Waals surface area contributed by atoms with E-state index in [1.807, 2.05) is 0 Å². The lowest BCUT2D eigenvalue weighted by molar-refractivity contribution is -0.167. The summed E-state index contributed by atoms with van der Waals surface area (Å²) in [6, 6.07) is 0. The van der Waals surface area contributed by atoms with Crippen molar-refractivity contribution in [2.75, 3.05) is 13.2 Å². The predicted molar refractivity (Wildman–Crippen MR) is 353 cm³/mol. The Morgan fingerprint density at radius 3 is 0.728 bits per heavy atom. The van der Waals surface area contributed by atoms with Gasteiger partial charge in [0.1, 0.15) is 13.2 Å². The van der Waals surface area contributed by atoms with Crippen LogP contribution in [-0.4, -0.2) is 37.2 Å². The molecule has 0 heterocycles. The van der Waals surface area contributed by atoms with E-state index in [1.165, 1.54) is 289 Å². The molecule has 0 aromatic rings.